The van der Waals surface area contributed by atoms with Crippen molar-refractivity contribution in [3.05, 3.63) is 33.8 Å². The van der Waals surface area contributed by atoms with Gasteiger partial charge >= 0.3 is 6.03 Å². The van der Waals surface area contributed by atoms with Crippen molar-refractivity contribution in [2.45, 2.75) is 38.8 Å². The maximum Gasteiger partial charge on any atom is 0.315 e. The van der Waals surface area contributed by atoms with Crippen LogP contribution in [0.1, 0.15) is 38.3 Å². The minimum absolute atomic E-state index is 0.00930. The van der Waals surface area contributed by atoms with Crippen molar-refractivity contribution in [3.63, 3.8) is 0 Å². The monoisotopic (exact) mass is 318 g/mol. The van der Waals surface area contributed by atoms with Gasteiger partial charge in [0.1, 0.15) is 0 Å². The SMILES string of the molecule is CC(CCCO)NC(=O)N[C@@H](C)c1ccc(Cl)cc1Cl. The van der Waals surface area contributed by atoms with Crippen LogP contribution in [-0.2, 0) is 0 Å². The predicted molar refractivity (Wildman–Crippen MR) is 82.3 cm³/mol. The Hall–Kier alpha value is -0.970. The summed E-state index contributed by atoms with van der Waals surface area (Å²) in [6.45, 7) is 3.88. The Morgan fingerprint density at radius 1 is 1.30 bits per heavy atom. The van der Waals surface area contributed by atoms with Gasteiger partial charge in [-0.3, -0.25) is 0 Å². The van der Waals surface area contributed by atoms with Crippen LogP contribution < -0.4 is 10.6 Å². The minimum atomic E-state index is -0.256. The van der Waals surface area contributed by atoms with Crippen LogP contribution in [-0.4, -0.2) is 23.8 Å². The highest BCUT2D eigenvalue weighted by Crippen LogP contribution is 2.25. The van der Waals surface area contributed by atoms with E-state index >= 15 is 0 Å². The molecule has 0 saturated heterocycles. The van der Waals surface area contributed by atoms with Crippen molar-refractivity contribution in [2.24, 2.45) is 0 Å². The molecule has 1 unspecified atom stereocenters. The molecule has 2 atom stereocenters. The van der Waals surface area contributed by atoms with E-state index in [1.54, 1.807) is 18.2 Å². The second-order valence-corrected chi connectivity index (χ2v) is 5.62. The van der Waals surface area contributed by atoms with E-state index in [4.69, 9.17) is 28.3 Å². The average molecular weight is 319 g/mol. The van der Waals surface area contributed by atoms with E-state index in [9.17, 15) is 4.79 Å². The van der Waals surface area contributed by atoms with Gasteiger partial charge in [-0.1, -0.05) is 29.3 Å². The second-order valence-electron chi connectivity index (χ2n) is 4.77. The lowest BCUT2D eigenvalue weighted by atomic mass is 10.1. The molecule has 0 heterocycles. The summed E-state index contributed by atoms with van der Waals surface area (Å²) in [5.41, 5.74) is 0.814. The van der Waals surface area contributed by atoms with Crippen molar-refractivity contribution in [1.82, 2.24) is 10.6 Å². The molecule has 0 bridgehead atoms. The third-order valence-corrected chi connectivity index (χ3v) is 3.51. The number of carbonyl (C=O) groups is 1. The minimum Gasteiger partial charge on any atom is -0.396 e. The molecule has 0 saturated carbocycles. The summed E-state index contributed by atoms with van der Waals surface area (Å²) in [5.74, 6) is 0. The lowest BCUT2D eigenvalue weighted by Crippen LogP contribution is -2.41. The van der Waals surface area contributed by atoms with Gasteiger partial charge in [0.25, 0.3) is 0 Å². The first kappa shape index (κ1) is 17.1. The summed E-state index contributed by atoms with van der Waals surface area (Å²) in [6.07, 6.45) is 1.40. The van der Waals surface area contributed by atoms with E-state index in [1.165, 1.54) is 0 Å². The summed E-state index contributed by atoms with van der Waals surface area (Å²) in [6, 6.07) is 4.72. The zero-order valence-corrected chi connectivity index (χ0v) is 13.1. The van der Waals surface area contributed by atoms with Gasteiger partial charge in [0, 0.05) is 22.7 Å². The molecule has 0 aliphatic heterocycles. The highest BCUT2D eigenvalue weighted by Gasteiger charge is 2.14. The number of aliphatic hydroxyl groups excluding tert-OH is 1. The van der Waals surface area contributed by atoms with E-state index in [1.807, 2.05) is 13.8 Å². The molecule has 20 heavy (non-hydrogen) atoms. The van der Waals surface area contributed by atoms with Crippen molar-refractivity contribution >= 4 is 29.2 Å². The molecular weight excluding hydrogens is 299 g/mol. The highest BCUT2D eigenvalue weighted by atomic mass is 35.5. The fourth-order valence-corrected chi connectivity index (χ4v) is 2.43. The van der Waals surface area contributed by atoms with Crippen LogP contribution in [0.25, 0.3) is 0 Å². The van der Waals surface area contributed by atoms with E-state index in [-0.39, 0.29) is 24.7 Å². The Morgan fingerprint density at radius 2 is 2.00 bits per heavy atom. The molecule has 6 heteroatoms. The van der Waals surface area contributed by atoms with Gasteiger partial charge in [-0.25, -0.2) is 4.79 Å². The molecule has 2 amide bonds. The Kier molecular flexibility index (Phi) is 7.13. The fourth-order valence-electron chi connectivity index (χ4n) is 1.86. The maximum atomic E-state index is 11.8. The number of hydrogen-bond acceptors (Lipinski definition) is 2. The number of urea groups is 1. The van der Waals surface area contributed by atoms with Crippen molar-refractivity contribution in [2.75, 3.05) is 6.61 Å². The topological polar surface area (TPSA) is 61.4 Å². The van der Waals surface area contributed by atoms with Gasteiger partial charge in [0.05, 0.1) is 6.04 Å². The van der Waals surface area contributed by atoms with Crippen LogP contribution in [0.2, 0.25) is 10.0 Å². The van der Waals surface area contributed by atoms with Crippen molar-refractivity contribution < 1.29 is 9.90 Å². The Bertz CT molecular complexity index is 455. The summed E-state index contributed by atoms with van der Waals surface area (Å²) >= 11 is 11.9. The number of nitrogens with one attached hydrogen (secondary N) is 2. The normalized spacial score (nSPS) is 13.7. The largest absolute Gasteiger partial charge is 0.396 e. The van der Waals surface area contributed by atoms with Gasteiger partial charge < -0.3 is 15.7 Å². The van der Waals surface area contributed by atoms with E-state index < -0.39 is 0 Å². The number of rotatable bonds is 6. The van der Waals surface area contributed by atoms with Gasteiger partial charge in [0.15, 0.2) is 0 Å². The van der Waals surface area contributed by atoms with E-state index in [0.29, 0.717) is 16.5 Å². The Balaban J connectivity index is 2.52. The lowest BCUT2D eigenvalue weighted by molar-refractivity contribution is 0.231. The van der Waals surface area contributed by atoms with Crippen LogP contribution >= 0.6 is 23.2 Å². The van der Waals surface area contributed by atoms with Crippen molar-refractivity contribution in [3.8, 4) is 0 Å². The lowest BCUT2D eigenvalue weighted by Gasteiger charge is -2.19. The smallest absolute Gasteiger partial charge is 0.315 e. The molecule has 3 N–H and O–H groups in total. The van der Waals surface area contributed by atoms with Crippen molar-refractivity contribution in [1.29, 1.82) is 0 Å². The fraction of sp³-hybridized carbons (Fsp3) is 0.500. The van der Waals surface area contributed by atoms with Crippen LogP contribution in [0, 0.1) is 0 Å². The number of benzene rings is 1. The Labute approximate surface area is 129 Å². The summed E-state index contributed by atoms with van der Waals surface area (Å²) < 4.78 is 0. The molecule has 0 aromatic heterocycles. The van der Waals surface area contributed by atoms with Gasteiger partial charge in [-0.15, -0.1) is 0 Å². The molecule has 0 radical (unpaired) electrons. The first-order chi connectivity index (χ1) is 9.43. The number of hydrogen-bond donors (Lipinski definition) is 3. The number of carbonyl (C=O) groups excluding carboxylic acids is 1. The quantitative estimate of drug-likeness (QED) is 0.751. The molecule has 4 nitrogen and oxygen atoms in total. The van der Waals surface area contributed by atoms with Crippen LogP contribution in [0.15, 0.2) is 18.2 Å². The summed E-state index contributed by atoms with van der Waals surface area (Å²) in [5, 5.41) is 15.5. The standard InChI is InChI=1S/C14H20Cl2N2O2/c1-9(4-3-7-19)17-14(20)18-10(2)12-6-5-11(15)8-13(12)16/h5-6,8-10,19H,3-4,7H2,1-2H3,(H2,17,18,20)/t9?,10-/m0/s1. The first-order valence-corrected chi connectivity index (χ1v) is 7.32. The molecule has 0 fully saturated rings. The molecule has 1 rings (SSSR count). The maximum absolute atomic E-state index is 11.8. The molecular formula is C14H20Cl2N2O2. The third kappa shape index (κ3) is 5.57. The average Bonchev–Trinajstić information content (AvgIpc) is 2.35. The van der Waals surface area contributed by atoms with Crippen LogP contribution in [0.3, 0.4) is 0 Å². The number of aliphatic hydroxyl groups is 1. The van der Waals surface area contributed by atoms with Gasteiger partial charge in [0.2, 0.25) is 0 Å². The van der Waals surface area contributed by atoms with E-state index in [2.05, 4.69) is 10.6 Å². The number of amides is 2. The third-order valence-electron chi connectivity index (χ3n) is 2.95. The van der Waals surface area contributed by atoms with Gasteiger partial charge in [-0.05, 0) is 44.4 Å². The zero-order chi connectivity index (χ0) is 15.1. The first-order valence-electron chi connectivity index (χ1n) is 6.57. The number of halogens is 2. The zero-order valence-electron chi connectivity index (χ0n) is 11.6. The molecule has 0 aliphatic carbocycles. The Morgan fingerprint density at radius 3 is 2.60 bits per heavy atom. The van der Waals surface area contributed by atoms with Crippen LogP contribution in [0.5, 0.6) is 0 Å². The molecule has 1 aromatic carbocycles. The molecule has 0 aliphatic rings. The second kappa shape index (κ2) is 8.35. The summed E-state index contributed by atoms with van der Waals surface area (Å²) in [7, 11) is 0. The predicted octanol–water partition coefficient (Wildman–Crippen LogP) is 3.51. The van der Waals surface area contributed by atoms with E-state index in [0.717, 1.165) is 12.0 Å². The summed E-state index contributed by atoms with van der Waals surface area (Å²) in [4.78, 5) is 11.8. The molecule has 112 valence electrons. The van der Waals surface area contributed by atoms with Gasteiger partial charge in [-0.2, -0.15) is 0 Å². The molecule has 1 aromatic rings. The van der Waals surface area contributed by atoms with Crippen LogP contribution in [0.4, 0.5) is 4.79 Å². The molecule has 0 spiro atoms. The highest BCUT2D eigenvalue weighted by molar-refractivity contribution is 6.35.